The van der Waals surface area contributed by atoms with Crippen molar-refractivity contribution in [1.29, 1.82) is 0 Å². The normalized spacial score (nSPS) is 23.9. The molecule has 0 spiro atoms. The van der Waals surface area contributed by atoms with Crippen molar-refractivity contribution in [3.63, 3.8) is 0 Å². The Morgan fingerprint density at radius 3 is 2.25 bits per heavy atom. The standard InChI is InChI=1S/C5H9NO2/c7-5-1-3-6(8)4-2-5/h8H,1-4H2. The molecule has 46 valence electrons. The summed E-state index contributed by atoms with van der Waals surface area (Å²) in [7, 11) is 0. The zero-order valence-corrected chi connectivity index (χ0v) is 4.63. The van der Waals surface area contributed by atoms with Gasteiger partial charge in [-0.05, 0) is 0 Å². The van der Waals surface area contributed by atoms with Crippen molar-refractivity contribution in [2.45, 2.75) is 12.8 Å². The lowest BCUT2D eigenvalue weighted by Crippen LogP contribution is -2.30. The molecule has 0 aromatic heterocycles. The maximum Gasteiger partial charge on any atom is 0.135 e. The van der Waals surface area contributed by atoms with E-state index >= 15 is 0 Å². The van der Waals surface area contributed by atoms with Crippen molar-refractivity contribution >= 4 is 5.78 Å². The molecule has 0 amide bonds. The first-order valence-electron chi connectivity index (χ1n) is 2.74. The number of carbonyl (C=O) groups excluding carboxylic acids is 1. The number of Topliss-reactive ketones (excluding diaryl/α,β-unsaturated/α-hetero) is 1. The Balaban J connectivity index is 2.29. The summed E-state index contributed by atoms with van der Waals surface area (Å²) in [6.07, 6.45) is 1.02. The number of carbonyl (C=O) groups is 1. The van der Waals surface area contributed by atoms with E-state index in [1.165, 1.54) is 5.06 Å². The van der Waals surface area contributed by atoms with Gasteiger partial charge in [0.15, 0.2) is 0 Å². The largest absolute Gasteiger partial charge is 0.314 e. The van der Waals surface area contributed by atoms with Gasteiger partial charge in [0.05, 0.1) is 0 Å². The average molecular weight is 115 g/mol. The number of piperidine rings is 1. The highest BCUT2D eigenvalue weighted by Crippen LogP contribution is 2.00. The summed E-state index contributed by atoms with van der Waals surface area (Å²) in [6.45, 7) is 1.03. The summed E-state index contributed by atoms with van der Waals surface area (Å²) >= 11 is 0. The van der Waals surface area contributed by atoms with E-state index in [4.69, 9.17) is 5.21 Å². The summed E-state index contributed by atoms with van der Waals surface area (Å²) < 4.78 is 0. The molecule has 1 aliphatic heterocycles. The molecule has 1 saturated heterocycles. The van der Waals surface area contributed by atoms with Crippen molar-refractivity contribution in [3.05, 3.63) is 0 Å². The molecule has 1 N–H and O–H groups in total. The average Bonchev–Trinajstić information content (AvgIpc) is 1.77. The van der Waals surface area contributed by atoms with Gasteiger partial charge in [0.25, 0.3) is 0 Å². The molecule has 0 radical (unpaired) electrons. The van der Waals surface area contributed by atoms with E-state index in [0.717, 1.165) is 0 Å². The number of nitrogens with zero attached hydrogens (tertiary/aromatic N) is 1. The monoisotopic (exact) mass is 115 g/mol. The van der Waals surface area contributed by atoms with Crippen LogP contribution in [0, 0.1) is 0 Å². The predicted octanol–water partition coefficient (Wildman–Crippen LogP) is 0.0405. The molecular weight excluding hydrogens is 106 g/mol. The molecule has 3 nitrogen and oxygen atoms in total. The minimum Gasteiger partial charge on any atom is -0.314 e. The molecule has 1 rings (SSSR count). The lowest BCUT2D eigenvalue weighted by molar-refractivity contribution is -0.138. The molecular formula is C5H9NO2. The SMILES string of the molecule is O=C1CCN(O)CC1. The van der Waals surface area contributed by atoms with Gasteiger partial charge in [-0.15, -0.1) is 0 Å². The first kappa shape index (κ1) is 5.72. The van der Waals surface area contributed by atoms with Crippen LogP contribution < -0.4 is 0 Å². The quantitative estimate of drug-likeness (QED) is 0.484. The van der Waals surface area contributed by atoms with Gasteiger partial charge in [0, 0.05) is 25.9 Å². The fourth-order valence-electron chi connectivity index (χ4n) is 0.744. The number of hydrogen-bond donors (Lipinski definition) is 1. The van der Waals surface area contributed by atoms with Crippen LogP contribution in [0.1, 0.15) is 12.8 Å². The Kier molecular flexibility index (Phi) is 1.60. The highest BCUT2D eigenvalue weighted by atomic mass is 16.5. The third kappa shape index (κ3) is 1.28. The molecule has 0 saturated carbocycles. The third-order valence-corrected chi connectivity index (χ3v) is 1.30. The van der Waals surface area contributed by atoms with Crippen molar-refractivity contribution < 1.29 is 10.0 Å². The fraction of sp³-hybridized carbons (Fsp3) is 0.800. The summed E-state index contributed by atoms with van der Waals surface area (Å²) in [4.78, 5) is 10.5. The van der Waals surface area contributed by atoms with Crippen LogP contribution in [0.3, 0.4) is 0 Å². The molecule has 0 aromatic rings. The van der Waals surface area contributed by atoms with Crippen molar-refractivity contribution in [2.75, 3.05) is 13.1 Å². The number of hydroxylamine groups is 2. The summed E-state index contributed by atoms with van der Waals surface area (Å²) in [5.41, 5.74) is 0. The Bertz CT molecular complexity index is 92.6. The van der Waals surface area contributed by atoms with E-state index in [1.807, 2.05) is 0 Å². The molecule has 1 aliphatic rings. The van der Waals surface area contributed by atoms with Crippen molar-refractivity contribution in [3.8, 4) is 0 Å². The highest BCUT2D eigenvalue weighted by molar-refractivity contribution is 5.79. The number of rotatable bonds is 0. The topological polar surface area (TPSA) is 40.5 Å². The zero-order valence-electron chi connectivity index (χ0n) is 4.63. The smallest absolute Gasteiger partial charge is 0.135 e. The molecule has 0 bridgehead atoms. The van der Waals surface area contributed by atoms with Gasteiger partial charge in [-0.25, -0.2) is 0 Å². The van der Waals surface area contributed by atoms with E-state index < -0.39 is 0 Å². The van der Waals surface area contributed by atoms with Crippen molar-refractivity contribution in [1.82, 2.24) is 5.06 Å². The molecule has 8 heavy (non-hydrogen) atoms. The van der Waals surface area contributed by atoms with Gasteiger partial charge in [0.2, 0.25) is 0 Å². The number of hydrogen-bond acceptors (Lipinski definition) is 3. The molecule has 3 heteroatoms. The first-order chi connectivity index (χ1) is 3.79. The maximum absolute atomic E-state index is 10.5. The first-order valence-corrected chi connectivity index (χ1v) is 2.74. The molecule has 1 fully saturated rings. The van der Waals surface area contributed by atoms with Crippen LogP contribution in [-0.2, 0) is 4.79 Å². The van der Waals surface area contributed by atoms with Gasteiger partial charge in [-0.3, -0.25) is 4.79 Å². The van der Waals surface area contributed by atoms with Gasteiger partial charge < -0.3 is 5.21 Å². The van der Waals surface area contributed by atoms with Gasteiger partial charge in [0.1, 0.15) is 5.78 Å². The van der Waals surface area contributed by atoms with Crippen LogP contribution in [0.15, 0.2) is 0 Å². The van der Waals surface area contributed by atoms with Gasteiger partial charge in [-0.2, -0.15) is 5.06 Å². The minimum absolute atomic E-state index is 0.260. The van der Waals surface area contributed by atoms with E-state index in [0.29, 0.717) is 25.9 Å². The van der Waals surface area contributed by atoms with Crippen LogP contribution >= 0.6 is 0 Å². The molecule has 0 aromatic carbocycles. The second kappa shape index (κ2) is 2.24. The predicted molar refractivity (Wildman–Crippen MR) is 27.6 cm³/mol. The van der Waals surface area contributed by atoms with E-state index in [9.17, 15) is 4.79 Å². The van der Waals surface area contributed by atoms with Gasteiger partial charge >= 0.3 is 0 Å². The van der Waals surface area contributed by atoms with E-state index in [-0.39, 0.29) is 5.78 Å². The lowest BCUT2D eigenvalue weighted by atomic mass is 10.1. The fourth-order valence-corrected chi connectivity index (χ4v) is 0.744. The molecule has 0 aliphatic carbocycles. The van der Waals surface area contributed by atoms with Crippen LogP contribution in [0.5, 0.6) is 0 Å². The minimum atomic E-state index is 0.260. The summed E-state index contributed by atoms with van der Waals surface area (Å²) in [5.74, 6) is 0.260. The van der Waals surface area contributed by atoms with Crippen LogP contribution in [0.4, 0.5) is 0 Å². The Morgan fingerprint density at radius 1 is 1.38 bits per heavy atom. The van der Waals surface area contributed by atoms with Crippen LogP contribution in [-0.4, -0.2) is 29.1 Å². The lowest BCUT2D eigenvalue weighted by Gasteiger charge is -2.17. The van der Waals surface area contributed by atoms with Crippen LogP contribution in [0.2, 0.25) is 0 Å². The molecule has 0 atom stereocenters. The summed E-state index contributed by atoms with van der Waals surface area (Å²) in [6, 6.07) is 0. The van der Waals surface area contributed by atoms with E-state index in [1.54, 1.807) is 0 Å². The van der Waals surface area contributed by atoms with E-state index in [2.05, 4.69) is 0 Å². The van der Waals surface area contributed by atoms with Crippen LogP contribution in [0.25, 0.3) is 0 Å². The second-order valence-electron chi connectivity index (χ2n) is 1.99. The second-order valence-corrected chi connectivity index (χ2v) is 1.99. The number of ketones is 1. The highest BCUT2D eigenvalue weighted by Gasteiger charge is 2.12. The molecule has 1 heterocycles. The third-order valence-electron chi connectivity index (χ3n) is 1.30. The van der Waals surface area contributed by atoms with Crippen molar-refractivity contribution in [2.24, 2.45) is 0 Å². The Hall–Kier alpha value is -0.410. The Morgan fingerprint density at radius 2 is 1.88 bits per heavy atom. The molecule has 0 unspecified atom stereocenters. The maximum atomic E-state index is 10.5. The summed E-state index contributed by atoms with van der Waals surface area (Å²) in [5, 5.41) is 9.89. The Labute approximate surface area is 47.9 Å². The zero-order chi connectivity index (χ0) is 5.98. The van der Waals surface area contributed by atoms with Gasteiger partial charge in [-0.1, -0.05) is 0 Å².